The normalized spacial score (nSPS) is 18.1. The van der Waals surface area contributed by atoms with Crippen molar-refractivity contribution in [1.82, 2.24) is 20.0 Å². The highest BCUT2D eigenvalue weighted by Gasteiger charge is 2.30. The number of rotatable bonds is 1. The minimum atomic E-state index is 0.538. The molecule has 0 amide bonds. The Hall–Kier alpha value is -1.82. The van der Waals surface area contributed by atoms with Crippen LogP contribution in [0.15, 0.2) is 9.66 Å². The number of aromatic nitrogens is 4. The third-order valence-corrected chi connectivity index (χ3v) is 4.41. The van der Waals surface area contributed by atoms with E-state index in [4.69, 9.17) is 16.2 Å². The fraction of sp³-hybridized carbons (Fsp3) is 0.462. The molecule has 2 aliphatic rings. The van der Waals surface area contributed by atoms with Gasteiger partial charge in [-0.2, -0.15) is 4.73 Å². The van der Waals surface area contributed by atoms with Crippen LogP contribution < -0.4 is 0 Å². The summed E-state index contributed by atoms with van der Waals surface area (Å²) in [4.78, 5) is 4.55. The molecule has 0 unspecified atom stereocenters. The van der Waals surface area contributed by atoms with E-state index in [0.717, 1.165) is 52.4 Å². The van der Waals surface area contributed by atoms with E-state index in [9.17, 15) is 5.21 Å². The van der Waals surface area contributed by atoms with Gasteiger partial charge in [-0.3, -0.25) is 0 Å². The van der Waals surface area contributed by atoms with Crippen LogP contribution in [0.2, 0.25) is 0 Å². The molecular weight excluding hydrogens is 280 g/mol. The summed E-state index contributed by atoms with van der Waals surface area (Å²) in [5.41, 5.74) is 3.78. The molecule has 2 aromatic heterocycles. The van der Waals surface area contributed by atoms with Crippen LogP contribution in [0.3, 0.4) is 0 Å². The van der Waals surface area contributed by atoms with E-state index >= 15 is 0 Å². The average Bonchev–Trinajstić information content (AvgIpc) is 3.04. The summed E-state index contributed by atoms with van der Waals surface area (Å²) >= 11 is 6.30. The van der Waals surface area contributed by atoms with Crippen molar-refractivity contribution in [3.63, 3.8) is 0 Å². The molecule has 0 radical (unpaired) electrons. The maximum Gasteiger partial charge on any atom is 0.173 e. The van der Waals surface area contributed by atoms with E-state index in [0.29, 0.717) is 30.1 Å². The van der Waals surface area contributed by atoms with Gasteiger partial charge in [0.05, 0.1) is 5.69 Å². The molecule has 20 heavy (non-hydrogen) atoms. The van der Waals surface area contributed by atoms with Gasteiger partial charge >= 0.3 is 0 Å². The zero-order chi connectivity index (χ0) is 13.7. The molecule has 6 nitrogen and oxygen atoms in total. The largest absolute Gasteiger partial charge is 0.427 e. The van der Waals surface area contributed by atoms with Gasteiger partial charge in [-0.25, -0.2) is 9.61 Å². The van der Waals surface area contributed by atoms with Gasteiger partial charge in [-0.05, 0) is 37.3 Å². The quantitative estimate of drug-likeness (QED) is 0.818. The third-order valence-electron chi connectivity index (χ3n) is 4.00. The molecule has 0 aliphatic heterocycles. The third kappa shape index (κ3) is 1.61. The molecular formula is C13H13ClN4O2. The highest BCUT2D eigenvalue weighted by Crippen LogP contribution is 2.37. The predicted molar refractivity (Wildman–Crippen MR) is 71.4 cm³/mol. The molecule has 4 rings (SSSR count). The minimum absolute atomic E-state index is 0.538. The Morgan fingerprint density at radius 2 is 1.90 bits per heavy atom. The number of halogens is 1. The van der Waals surface area contributed by atoms with Gasteiger partial charge < -0.3 is 5.21 Å². The number of nitrogens with zero attached hydrogens (tertiary/aromatic N) is 4. The van der Waals surface area contributed by atoms with Crippen molar-refractivity contribution in [1.29, 1.82) is 0 Å². The molecule has 0 saturated heterocycles. The zero-order valence-corrected chi connectivity index (χ0v) is 11.5. The molecule has 0 fully saturated rings. The van der Waals surface area contributed by atoms with Crippen LogP contribution in [0, 0.1) is 0 Å². The second kappa shape index (κ2) is 4.34. The van der Waals surface area contributed by atoms with Crippen molar-refractivity contribution in [3.8, 4) is 11.4 Å². The van der Waals surface area contributed by atoms with Gasteiger partial charge in [-0.1, -0.05) is 16.8 Å². The van der Waals surface area contributed by atoms with E-state index in [1.165, 1.54) is 0 Å². The van der Waals surface area contributed by atoms with E-state index in [1.807, 2.05) is 0 Å². The SMILES string of the molecule is On1c(C2=C(Cl)CCCC2)nc2c1CCc1nonc1-2. The van der Waals surface area contributed by atoms with Gasteiger partial charge in [0.15, 0.2) is 11.5 Å². The summed E-state index contributed by atoms with van der Waals surface area (Å²) < 4.78 is 5.93. The van der Waals surface area contributed by atoms with Gasteiger partial charge in [-0.15, -0.1) is 0 Å². The first-order valence-corrected chi connectivity index (χ1v) is 7.14. The predicted octanol–water partition coefficient (Wildman–Crippen LogP) is 2.79. The van der Waals surface area contributed by atoms with E-state index in [-0.39, 0.29) is 0 Å². The first kappa shape index (κ1) is 12.0. The number of imidazole rings is 1. The van der Waals surface area contributed by atoms with Crippen molar-refractivity contribution in [2.45, 2.75) is 38.5 Å². The smallest absolute Gasteiger partial charge is 0.173 e. The monoisotopic (exact) mass is 292 g/mol. The molecule has 0 spiro atoms. The summed E-state index contributed by atoms with van der Waals surface area (Å²) in [5, 5.41) is 19.0. The molecule has 0 atom stereocenters. The van der Waals surface area contributed by atoms with Gasteiger partial charge in [0.1, 0.15) is 11.4 Å². The second-order valence-corrected chi connectivity index (χ2v) is 5.65. The number of fused-ring (bicyclic) bond motifs is 3. The molecule has 0 bridgehead atoms. The van der Waals surface area contributed by atoms with Gasteiger partial charge in [0.25, 0.3) is 0 Å². The Labute approximate surface area is 120 Å². The maximum absolute atomic E-state index is 10.4. The van der Waals surface area contributed by atoms with Gasteiger partial charge in [0.2, 0.25) is 0 Å². The number of hydrogen-bond acceptors (Lipinski definition) is 5. The Bertz CT molecular complexity index is 716. The highest BCUT2D eigenvalue weighted by molar-refractivity contribution is 6.32. The molecule has 0 saturated carbocycles. The summed E-state index contributed by atoms with van der Waals surface area (Å²) in [6, 6.07) is 0. The molecule has 2 aliphatic carbocycles. The number of allylic oxidation sites excluding steroid dienone is 2. The van der Waals surface area contributed by atoms with E-state index in [2.05, 4.69) is 15.3 Å². The lowest BCUT2D eigenvalue weighted by molar-refractivity contribution is 0.173. The lowest BCUT2D eigenvalue weighted by Crippen LogP contribution is -2.09. The van der Waals surface area contributed by atoms with Crippen LogP contribution in [0.1, 0.15) is 42.9 Å². The van der Waals surface area contributed by atoms with Crippen molar-refractivity contribution < 1.29 is 9.84 Å². The van der Waals surface area contributed by atoms with Crippen LogP contribution in [-0.2, 0) is 12.8 Å². The molecule has 2 heterocycles. The van der Waals surface area contributed by atoms with E-state index < -0.39 is 0 Å². The van der Waals surface area contributed by atoms with Crippen molar-refractivity contribution >= 4 is 17.2 Å². The second-order valence-electron chi connectivity index (χ2n) is 5.19. The van der Waals surface area contributed by atoms with Crippen LogP contribution in [0.5, 0.6) is 0 Å². The Kier molecular flexibility index (Phi) is 2.60. The number of hydrogen-bond donors (Lipinski definition) is 1. The lowest BCUT2D eigenvalue weighted by atomic mass is 9.99. The summed E-state index contributed by atoms with van der Waals surface area (Å²) in [7, 11) is 0. The van der Waals surface area contributed by atoms with Crippen molar-refractivity contribution in [3.05, 3.63) is 22.2 Å². The summed E-state index contributed by atoms with van der Waals surface area (Å²) in [5.74, 6) is 0.538. The standard InChI is InChI=1S/C13H13ClN4O2/c14-8-4-2-1-3-7(8)13-15-12-10(18(13)19)6-5-9-11(12)17-20-16-9/h19H,1-6H2. The van der Waals surface area contributed by atoms with Crippen LogP contribution >= 0.6 is 11.6 Å². The topological polar surface area (TPSA) is 77.0 Å². The fourth-order valence-electron chi connectivity index (χ4n) is 2.94. The fourth-order valence-corrected chi connectivity index (χ4v) is 3.26. The summed E-state index contributed by atoms with van der Waals surface area (Å²) in [6.45, 7) is 0. The maximum atomic E-state index is 10.4. The minimum Gasteiger partial charge on any atom is -0.427 e. The highest BCUT2D eigenvalue weighted by atomic mass is 35.5. The van der Waals surface area contributed by atoms with Crippen LogP contribution in [0.25, 0.3) is 17.0 Å². The average molecular weight is 293 g/mol. The van der Waals surface area contributed by atoms with Crippen molar-refractivity contribution in [2.75, 3.05) is 0 Å². The first-order chi connectivity index (χ1) is 9.75. The zero-order valence-electron chi connectivity index (χ0n) is 10.8. The molecule has 104 valence electrons. The summed E-state index contributed by atoms with van der Waals surface area (Å²) in [6.07, 6.45) is 5.23. The number of aryl methyl sites for hydroxylation is 1. The molecule has 7 heteroatoms. The first-order valence-electron chi connectivity index (χ1n) is 6.76. The Morgan fingerprint density at radius 1 is 1.05 bits per heavy atom. The Morgan fingerprint density at radius 3 is 2.75 bits per heavy atom. The van der Waals surface area contributed by atoms with Gasteiger partial charge in [0, 0.05) is 17.0 Å². The van der Waals surface area contributed by atoms with E-state index in [1.54, 1.807) is 0 Å². The van der Waals surface area contributed by atoms with Crippen LogP contribution in [0.4, 0.5) is 0 Å². The van der Waals surface area contributed by atoms with Crippen molar-refractivity contribution in [2.24, 2.45) is 0 Å². The van der Waals surface area contributed by atoms with Crippen LogP contribution in [-0.4, -0.2) is 25.2 Å². The molecule has 0 aromatic carbocycles. The molecule has 1 N–H and O–H groups in total. The Balaban J connectivity index is 1.89. The lowest BCUT2D eigenvalue weighted by Gasteiger charge is -2.15. The molecule has 2 aromatic rings.